The molecule has 0 aromatic heterocycles. The minimum absolute atomic E-state index is 0.0798. The molecule has 0 spiro atoms. The molecule has 1 amide bonds. The number of carbonyl (C=O) groups is 2. The zero-order valence-corrected chi connectivity index (χ0v) is 14.7. The summed E-state index contributed by atoms with van der Waals surface area (Å²) in [7, 11) is -3.50. The number of piperidine rings is 1. The SMILES string of the molecule is CC1(C)[C@@H]2CC[C@]1(CS(=O)(=O)N1CCC(C(N)=O)CC1)C(=O)C2. The van der Waals surface area contributed by atoms with Crippen molar-refractivity contribution in [1.82, 2.24) is 4.31 Å². The molecule has 2 N–H and O–H groups in total. The third-order valence-corrected chi connectivity index (χ3v) is 8.83. The summed E-state index contributed by atoms with van der Waals surface area (Å²) in [5, 5.41) is 0. The van der Waals surface area contributed by atoms with E-state index in [0.717, 1.165) is 6.42 Å². The molecule has 2 bridgehead atoms. The Morgan fingerprint density at radius 3 is 2.30 bits per heavy atom. The lowest BCUT2D eigenvalue weighted by Gasteiger charge is -2.38. The van der Waals surface area contributed by atoms with Crippen LogP contribution < -0.4 is 5.73 Å². The predicted octanol–water partition coefficient (Wildman–Crippen LogP) is 0.909. The maximum Gasteiger partial charge on any atom is 0.220 e. The maximum absolute atomic E-state index is 12.9. The highest BCUT2D eigenvalue weighted by Crippen LogP contribution is 2.64. The molecule has 2 saturated carbocycles. The first kappa shape index (κ1) is 16.9. The molecule has 2 atom stereocenters. The van der Waals surface area contributed by atoms with Gasteiger partial charge in [-0.05, 0) is 37.0 Å². The summed E-state index contributed by atoms with van der Waals surface area (Å²) in [6.07, 6.45) is 3.09. The van der Waals surface area contributed by atoms with Crippen LogP contribution in [0.3, 0.4) is 0 Å². The summed E-state index contributed by atoms with van der Waals surface area (Å²) in [6, 6.07) is 0. The van der Waals surface area contributed by atoms with Crippen LogP contribution in [-0.2, 0) is 19.6 Å². The Kier molecular flexibility index (Phi) is 3.87. The fourth-order valence-corrected chi connectivity index (χ4v) is 7.18. The van der Waals surface area contributed by atoms with Crippen molar-refractivity contribution in [3.8, 4) is 0 Å². The van der Waals surface area contributed by atoms with Crippen molar-refractivity contribution in [3.63, 3.8) is 0 Å². The molecule has 130 valence electrons. The van der Waals surface area contributed by atoms with Crippen molar-refractivity contribution in [1.29, 1.82) is 0 Å². The van der Waals surface area contributed by atoms with Gasteiger partial charge in [-0.15, -0.1) is 0 Å². The molecule has 7 heteroatoms. The second kappa shape index (κ2) is 5.28. The molecular formula is C16H26N2O4S. The molecule has 0 aromatic rings. The summed E-state index contributed by atoms with van der Waals surface area (Å²) in [5.74, 6) is -0.240. The zero-order valence-electron chi connectivity index (χ0n) is 13.9. The molecule has 2 aliphatic carbocycles. The topological polar surface area (TPSA) is 97.5 Å². The normalized spacial score (nSPS) is 34.9. The van der Waals surface area contributed by atoms with Gasteiger partial charge in [-0.1, -0.05) is 13.8 Å². The van der Waals surface area contributed by atoms with Gasteiger partial charge in [0.15, 0.2) is 0 Å². The Labute approximate surface area is 137 Å². The van der Waals surface area contributed by atoms with Crippen LogP contribution in [0, 0.1) is 22.7 Å². The van der Waals surface area contributed by atoms with Crippen molar-refractivity contribution in [3.05, 3.63) is 0 Å². The number of carbonyl (C=O) groups excluding carboxylic acids is 2. The van der Waals surface area contributed by atoms with Gasteiger partial charge in [-0.2, -0.15) is 0 Å². The van der Waals surface area contributed by atoms with Crippen LogP contribution in [0.25, 0.3) is 0 Å². The number of ketones is 1. The van der Waals surface area contributed by atoms with Crippen LogP contribution in [0.2, 0.25) is 0 Å². The summed E-state index contributed by atoms with van der Waals surface area (Å²) < 4.78 is 27.2. The summed E-state index contributed by atoms with van der Waals surface area (Å²) in [4.78, 5) is 23.8. The Morgan fingerprint density at radius 1 is 1.26 bits per heavy atom. The van der Waals surface area contributed by atoms with Gasteiger partial charge >= 0.3 is 0 Å². The first-order valence-corrected chi connectivity index (χ1v) is 10.0. The molecule has 1 saturated heterocycles. The van der Waals surface area contributed by atoms with Crippen LogP contribution in [-0.4, -0.2) is 43.3 Å². The van der Waals surface area contributed by atoms with Gasteiger partial charge in [-0.25, -0.2) is 12.7 Å². The molecule has 0 aromatic carbocycles. The van der Waals surface area contributed by atoms with Crippen molar-refractivity contribution < 1.29 is 18.0 Å². The first-order chi connectivity index (χ1) is 10.6. The van der Waals surface area contributed by atoms with Gasteiger partial charge < -0.3 is 5.73 Å². The quantitative estimate of drug-likeness (QED) is 0.821. The minimum atomic E-state index is -3.50. The molecule has 6 nitrogen and oxygen atoms in total. The maximum atomic E-state index is 12.9. The number of amides is 1. The van der Waals surface area contributed by atoms with E-state index in [1.54, 1.807) is 0 Å². The number of hydrogen-bond donors (Lipinski definition) is 1. The summed E-state index contributed by atoms with van der Waals surface area (Å²) >= 11 is 0. The predicted molar refractivity (Wildman–Crippen MR) is 85.8 cm³/mol. The lowest BCUT2D eigenvalue weighted by molar-refractivity contribution is -0.128. The fourth-order valence-electron chi connectivity index (χ4n) is 4.93. The molecule has 23 heavy (non-hydrogen) atoms. The molecule has 3 fully saturated rings. The van der Waals surface area contributed by atoms with Crippen LogP contribution in [0.5, 0.6) is 0 Å². The van der Waals surface area contributed by atoms with E-state index in [9.17, 15) is 18.0 Å². The molecule has 0 radical (unpaired) electrons. The Hall–Kier alpha value is -0.950. The van der Waals surface area contributed by atoms with E-state index in [2.05, 4.69) is 0 Å². The second-order valence-corrected chi connectivity index (χ2v) is 9.97. The van der Waals surface area contributed by atoms with E-state index < -0.39 is 15.4 Å². The Bertz CT molecular complexity index is 634. The molecular weight excluding hydrogens is 316 g/mol. The molecule has 3 aliphatic rings. The van der Waals surface area contributed by atoms with E-state index in [0.29, 0.717) is 44.7 Å². The monoisotopic (exact) mass is 342 g/mol. The number of hydrogen-bond acceptors (Lipinski definition) is 4. The smallest absolute Gasteiger partial charge is 0.220 e. The van der Waals surface area contributed by atoms with Gasteiger partial charge in [0.25, 0.3) is 0 Å². The Morgan fingerprint density at radius 2 is 1.87 bits per heavy atom. The lowest BCUT2D eigenvalue weighted by atomic mass is 9.70. The number of nitrogens with two attached hydrogens (primary N) is 1. The third kappa shape index (κ3) is 2.43. The van der Waals surface area contributed by atoms with Crippen LogP contribution >= 0.6 is 0 Å². The highest BCUT2D eigenvalue weighted by atomic mass is 32.2. The first-order valence-electron chi connectivity index (χ1n) is 8.40. The van der Waals surface area contributed by atoms with E-state index in [4.69, 9.17) is 5.73 Å². The standard InChI is InChI=1S/C16H26N2O4S/c1-15(2)12-3-6-16(15,13(19)9-12)10-23(21,22)18-7-4-11(5-8-18)14(17)20/h11-12H,3-10H2,1-2H3,(H2,17,20)/t12-,16+/m1/s1. The van der Waals surface area contributed by atoms with Crippen LogP contribution in [0.15, 0.2) is 0 Å². The fraction of sp³-hybridized carbons (Fsp3) is 0.875. The second-order valence-electron chi connectivity index (χ2n) is 8.00. The summed E-state index contributed by atoms with van der Waals surface area (Å²) in [6.45, 7) is 4.74. The van der Waals surface area contributed by atoms with Gasteiger partial charge in [0.05, 0.1) is 5.75 Å². The van der Waals surface area contributed by atoms with Gasteiger partial charge in [0.2, 0.25) is 15.9 Å². The third-order valence-electron chi connectivity index (χ3n) is 6.82. The number of Topliss-reactive ketones (excluding diaryl/α,β-unsaturated/α-hetero) is 1. The van der Waals surface area contributed by atoms with E-state index >= 15 is 0 Å². The average Bonchev–Trinajstić information content (AvgIpc) is 2.81. The largest absolute Gasteiger partial charge is 0.369 e. The van der Waals surface area contributed by atoms with Gasteiger partial charge in [0, 0.05) is 30.8 Å². The summed E-state index contributed by atoms with van der Waals surface area (Å²) in [5.41, 5.74) is 4.33. The van der Waals surface area contributed by atoms with Crippen molar-refractivity contribution in [2.45, 2.75) is 46.0 Å². The van der Waals surface area contributed by atoms with Crippen molar-refractivity contribution in [2.75, 3.05) is 18.8 Å². The van der Waals surface area contributed by atoms with Crippen molar-refractivity contribution >= 4 is 21.7 Å². The molecule has 0 unspecified atom stereocenters. The van der Waals surface area contributed by atoms with Crippen LogP contribution in [0.1, 0.15) is 46.0 Å². The van der Waals surface area contributed by atoms with E-state index in [1.807, 2.05) is 13.8 Å². The lowest BCUT2D eigenvalue weighted by Crippen LogP contribution is -2.49. The van der Waals surface area contributed by atoms with Crippen molar-refractivity contribution in [2.24, 2.45) is 28.4 Å². The molecule has 3 rings (SSSR count). The zero-order chi connectivity index (χ0) is 17.0. The molecule has 1 heterocycles. The highest BCUT2D eigenvalue weighted by Gasteiger charge is 2.65. The van der Waals surface area contributed by atoms with E-state index in [1.165, 1.54) is 4.31 Å². The molecule has 1 aliphatic heterocycles. The van der Waals surface area contributed by atoms with E-state index in [-0.39, 0.29) is 28.8 Å². The van der Waals surface area contributed by atoms with Gasteiger partial charge in [-0.3, -0.25) is 9.59 Å². The van der Waals surface area contributed by atoms with Crippen LogP contribution in [0.4, 0.5) is 0 Å². The number of rotatable bonds is 4. The average molecular weight is 342 g/mol. The van der Waals surface area contributed by atoms with Gasteiger partial charge in [0.1, 0.15) is 5.78 Å². The number of primary amides is 1. The number of nitrogens with zero attached hydrogens (tertiary/aromatic N) is 1. The minimum Gasteiger partial charge on any atom is -0.369 e. The number of fused-ring (bicyclic) bond motifs is 2. The number of sulfonamides is 1. The highest BCUT2D eigenvalue weighted by molar-refractivity contribution is 7.89. The Balaban J connectivity index is 1.77.